The van der Waals surface area contributed by atoms with E-state index in [1.54, 1.807) is 0 Å². The highest BCUT2D eigenvalue weighted by Crippen LogP contribution is 2.32. The number of hydrogen-bond acceptors (Lipinski definition) is 7. The molecule has 2 rings (SSSR count). The fourth-order valence-corrected chi connectivity index (χ4v) is 1.85. The maximum atomic E-state index is 10.9. The molecule has 2 fully saturated rings. The van der Waals surface area contributed by atoms with E-state index < -0.39 is 42.5 Å². The van der Waals surface area contributed by atoms with Crippen molar-refractivity contribution in [3.05, 3.63) is 0 Å². The van der Waals surface area contributed by atoms with Gasteiger partial charge in [-0.25, -0.2) is 4.79 Å². The summed E-state index contributed by atoms with van der Waals surface area (Å²) in [5.41, 5.74) is 0. The minimum atomic E-state index is -1.90. The highest BCUT2D eigenvalue weighted by molar-refractivity contribution is 5.75. The van der Waals surface area contributed by atoms with E-state index in [2.05, 4.69) is 0 Å². The maximum Gasteiger partial charge on any atom is 0.364 e. The lowest BCUT2D eigenvalue weighted by molar-refractivity contribution is -0.373. The number of aliphatic hydroxyl groups excluding tert-OH is 3. The summed E-state index contributed by atoms with van der Waals surface area (Å²) < 4.78 is 15.0. The number of aliphatic hydroxyl groups is 3. The quantitative estimate of drug-likeness (QED) is 0.407. The second-order valence-electron chi connectivity index (χ2n) is 4.19. The summed E-state index contributed by atoms with van der Waals surface area (Å²) in [6, 6.07) is 0. The Morgan fingerprint density at radius 2 is 1.94 bits per heavy atom. The number of fused-ring (bicyclic) bond motifs is 1. The summed E-state index contributed by atoms with van der Waals surface area (Å²) in [6.07, 6.45) is -6.43. The fourth-order valence-electron chi connectivity index (χ4n) is 1.85. The average molecular weight is 250 g/mol. The molecule has 0 aromatic carbocycles. The Morgan fingerprint density at radius 1 is 1.29 bits per heavy atom. The predicted octanol–water partition coefficient (Wildman–Crippen LogP) is -2.36. The molecule has 0 aliphatic carbocycles. The lowest BCUT2D eigenvalue weighted by Gasteiger charge is -2.47. The van der Waals surface area contributed by atoms with Gasteiger partial charge in [0.25, 0.3) is 5.79 Å². The minimum Gasteiger partial charge on any atom is -0.477 e. The van der Waals surface area contributed by atoms with Gasteiger partial charge in [0.05, 0.1) is 6.61 Å². The molecule has 2 saturated heterocycles. The number of rotatable bonds is 1. The number of carboxylic acid groups (broad SMARTS) is 1. The third-order valence-corrected chi connectivity index (χ3v) is 2.93. The Balaban J connectivity index is 2.16. The number of carbonyl (C=O) groups is 1. The van der Waals surface area contributed by atoms with Crippen molar-refractivity contribution < 1.29 is 39.4 Å². The molecule has 0 amide bonds. The SMILES string of the molecule is CC1(C(=O)O)OC[C@H]2O[C@@H](O)[C@H](O)[C@@H](O)[C@H]2O1. The van der Waals surface area contributed by atoms with Gasteiger partial charge in [0.2, 0.25) is 0 Å². The molecule has 8 heteroatoms. The molecule has 2 heterocycles. The van der Waals surface area contributed by atoms with Crippen LogP contribution in [-0.4, -0.2) is 69.5 Å². The summed E-state index contributed by atoms with van der Waals surface area (Å²) in [7, 11) is 0. The maximum absolute atomic E-state index is 10.9. The monoisotopic (exact) mass is 250 g/mol. The fraction of sp³-hybridized carbons (Fsp3) is 0.889. The van der Waals surface area contributed by atoms with Crippen LogP contribution in [0.15, 0.2) is 0 Å². The first-order chi connectivity index (χ1) is 7.85. The van der Waals surface area contributed by atoms with Crippen LogP contribution in [0.25, 0.3) is 0 Å². The van der Waals surface area contributed by atoms with Crippen molar-refractivity contribution in [1.82, 2.24) is 0 Å². The van der Waals surface area contributed by atoms with E-state index in [-0.39, 0.29) is 6.61 Å². The molecule has 0 saturated carbocycles. The lowest BCUT2D eigenvalue weighted by Crippen LogP contribution is -2.66. The first-order valence-corrected chi connectivity index (χ1v) is 5.10. The van der Waals surface area contributed by atoms with Crippen LogP contribution in [0, 0.1) is 0 Å². The third-order valence-electron chi connectivity index (χ3n) is 2.93. The summed E-state index contributed by atoms with van der Waals surface area (Å²) in [4.78, 5) is 10.9. The van der Waals surface area contributed by atoms with Crippen LogP contribution in [0.1, 0.15) is 6.92 Å². The summed E-state index contributed by atoms with van der Waals surface area (Å²) in [5, 5.41) is 37.3. The van der Waals surface area contributed by atoms with Crippen molar-refractivity contribution in [3.8, 4) is 0 Å². The average Bonchev–Trinajstić information content (AvgIpc) is 2.27. The molecule has 2 aliphatic heterocycles. The molecule has 0 bridgehead atoms. The van der Waals surface area contributed by atoms with Gasteiger partial charge in [-0.2, -0.15) is 0 Å². The normalized spacial score (nSPS) is 50.7. The van der Waals surface area contributed by atoms with Gasteiger partial charge >= 0.3 is 5.97 Å². The van der Waals surface area contributed by atoms with Crippen LogP contribution in [0.5, 0.6) is 0 Å². The molecule has 0 aromatic heterocycles. The zero-order valence-corrected chi connectivity index (χ0v) is 9.02. The molecule has 0 aromatic rings. The van der Waals surface area contributed by atoms with E-state index >= 15 is 0 Å². The van der Waals surface area contributed by atoms with E-state index in [4.69, 9.17) is 19.3 Å². The number of ether oxygens (including phenoxy) is 3. The van der Waals surface area contributed by atoms with Gasteiger partial charge < -0.3 is 34.6 Å². The smallest absolute Gasteiger partial charge is 0.364 e. The second kappa shape index (κ2) is 4.16. The first kappa shape index (κ1) is 12.7. The Bertz CT molecular complexity index is 318. The minimum absolute atomic E-state index is 0.158. The van der Waals surface area contributed by atoms with Gasteiger partial charge in [-0.3, -0.25) is 0 Å². The molecule has 4 N–H and O–H groups in total. The zero-order valence-electron chi connectivity index (χ0n) is 9.02. The molecule has 6 atom stereocenters. The Kier molecular flexibility index (Phi) is 3.10. The molecular weight excluding hydrogens is 236 g/mol. The molecule has 17 heavy (non-hydrogen) atoms. The van der Waals surface area contributed by atoms with Crippen molar-refractivity contribution in [2.75, 3.05) is 6.61 Å². The number of aliphatic carboxylic acids is 1. The molecule has 2 aliphatic rings. The van der Waals surface area contributed by atoms with E-state index in [1.807, 2.05) is 0 Å². The molecular formula is C9H14O8. The topological polar surface area (TPSA) is 126 Å². The molecule has 8 nitrogen and oxygen atoms in total. The van der Waals surface area contributed by atoms with Crippen LogP contribution in [-0.2, 0) is 19.0 Å². The third kappa shape index (κ3) is 2.03. The second-order valence-corrected chi connectivity index (χ2v) is 4.19. The van der Waals surface area contributed by atoms with Gasteiger partial charge in [0, 0.05) is 6.92 Å². The van der Waals surface area contributed by atoms with Crippen LogP contribution in [0.2, 0.25) is 0 Å². The first-order valence-electron chi connectivity index (χ1n) is 5.10. The highest BCUT2D eigenvalue weighted by atomic mass is 16.8. The predicted molar refractivity (Wildman–Crippen MR) is 49.8 cm³/mol. The van der Waals surface area contributed by atoms with Crippen molar-refractivity contribution >= 4 is 5.97 Å². The van der Waals surface area contributed by atoms with Crippen LogP contribution in [0.4, 0.5) is 0 Å². The standard InChI is InChI=1S/C9H14O8/c1-9(8(13)14)15-2-3-6(17-9)4(10)5(11)7(12)16-3/h3-7,10-12H,2H2,1H3,(H,13,14)/t3-,4-,5-,6+,7-,9?/m1/s1. The Morgan fingerprint density at radius 3 is 2.53 bits per heavy atom. The largest absolute Gasteiger partial charge is 0.477 e. The molecule has 1 unspecified atom stereocenters. The molecule has 0 radical (unpaired) electrons. The number of hydrogen-bond donors (Lipinski definition) is 4. The van der Waals surface area contributed by atoms with Gasteiger partial charge in [0.15, 0.2) is 6.29 Å². The molecule has 0 spiro atoms. The van der Waals surface area contributed by atoms with Crippen LogP contribution in [0.3, 0.4) is 0 Å². The van der Waals surface area contributed by atoms with Crippen molar-refractivity contribution in [2.24, 2.45) is 0 Å². The molecule has 98 valence electrons. The number of carboxylic acids is 1. The van der Waals surface area contributed by atoms with E-state index in [1.165, 1.54) is 6.92 Å². The lowest BCUT2D eigenvalue weighted by atomic mass is 9.97. The summed E-state index contributed by atoms with van der Waals surface area (Å²) in [6.45, 7) is 1.03. The zero-order chi connectivity index (χ0) is 12.8. The van der Waals surface area contributed by atoms with Crippen molar-refractivity contribution in [3.63, 3.8) is 0 Å². The van der Waals surface area contributed by atoms with Crippen molar-refractivity contribution in [2.45, 2.75) is 43.4 Å². The summed E-state index contributed by atoms with van der Waals surface area (Å²) >= 11 is 0. The van der Waals surface area contributed by atoms with Crippen LogP contribution >= 0.6 is 0 Å². The van der Waals surface area contributed by atoms with E-state index in [0.29, 0.717) is 0 Å². The van der Waals surface area contributed by atoms with E-state index in [0.717, 1.165) is 0 Å². The highest BCUT2D eigenvalue weighted by Gasteiger charge is 2.53. The Hall–Kier alpha value is -0.770. The van der Waals surface area contributed by atoms with Gasteiger partial charge in [0.1, 0.15) is 24.4 Å². The van der Waals surface area contributed by atoms with Gasteiger partial charge in [-0.15, -0.1) is 0 Å². The summed E-state index contributed by atoms with van der Waals surface area (Å²) in [5.74, 6) is -3.24. The van der Waals surface area contributed by atoms with Gasteiger partial charge in [-0.05, 0) is 0 Å². The van der Waals surface area contributed by atoms with E-state index in [9.17, 15) is 20.1 Å². The van der Waals surface area contributed by atoms with Crippen molar-refractivity contribution in [1.29, 1.82) is 0 Å². The Labute approximate surface area is 96.3 Å². The van der Waals surface area contributed by atoms with Crippen LogP contribution < -0.4 is 0 Å². The van der Waals surface area contributed by atoms with Gasteiger partial charge in [-0.1, -0.05) is 0 Å².